The van der Waals surface area contributed by atoms with Gasteiger partial charge in [0.05, 0.1) is 17.9 Å². The number of nitrogens with zero attached hydrogens (tertiary/aromatic N) is 3. The minimum Gasteiger partial charge on any atom is -0.378 e. The number of nitrogens with one attached hydrogen (secondary N) is 1. The van der Waals surface area contributed by atoms with Crippen LogP contribution in [0, 0.1) is 0 Å². The van der Waals surface area contributed by atoms with Gasteiger partial charge in [-0.1, -0.05) is 12.1 Å². The Hall–Kier alpha value is -1.99. The summed E-state index contributed by atoms with van der Waals surface area (Å²) in [5.74, 6) is 0. The maximum Gasteiger partial charge on any atom is 0.244 e. The zero-order valence-electron chi connectivity index (χ0n) is 11.3. The second kappa shape index (κ2) is 5.98. The van der Waals surface area contributed by atoms with Gasteiger partial charge in [0.2, 0.25) is 10.0 Å². The molecule has 0 spiro atoms. The van der Waals surface area contributed by atoms with Gasteiger partial charge in [0.15, 0.2) is 0 Å². The standard InChI is InChI=1S/C13H16N4O2S/c1-17(2)20(18,19)13-6-4-3-5-12(13)15-9-11-7-8-14-10-16-11/h3-8,10,15H,9H2,1-2H3. The van der Waals surface area contributed by atoms with Crippen molar-refractivity contribution in [3.8, 4) is 0 Å². The number of hydrogen-bond acceptors (Lipinski definition) is 5. The van der Waals surface area contributed by atoms with E-state index < -0.39 is 10.0 Å². The third-order valence-electron chi connectivity index (χ3n) is 2.75. The van der Waals surface area contributed by atoms with Crippen LogP contribution in [-0.4, -0.2) is 36.8 Å². The minimum absolute atomic E-state index is 0.249. The Morgan fingerprint density at radius 1 is 1.20 bits per heavy atom. The van der Waals surface area contributed by atoms with Gasteiger partial charge in [-0.05, 0) is 18.2 Å². The molecule has 6 nitrogen and oxygen atoms in total. The summed E-state index contributed by atoms with van der Waals surface area (Å²) >= 11 is 0. The number of anilines is 1. The smallest absolute Gasteiger partial charge is 0.244 e. The van der Waals surface area contributed by atoms with Gasteiger partial charge in [-0.25, -0.2) is 22.7 Å². The van der Waals surface area contributed by atoms with Crippen molar-refractivity contribution < 1.29 is 8.42 Å². The first-order valence-electron chi connectivity index (χ1n) is 6.02. The molecule has 0 atom stereocenters. The molecule has 106 valence electrons. The van der Waals surface area contributed by atoms with E-state index in [0.29, 0.717) is 12.2 Å². The molecule has 0 amide bonds. The number of benzene rings is 1. The number of hydrogen-bond donors (Lipinski definition) is 1. The summed E-state index contributed by atoms with van der Waals surface area (Å²) in [5, 5.41) is 3.09. The minimum atomic E-state index is -3.47. The Morgan fingerprint density at radius 2 is 1.95 bits per heavy atom. The van der Waals surface area contributed by atoms with Gasteiger partial charge in [0.25, 0.3) is 0 Å². The Kier molecular flexibility index (Phi) is 4.31. The molecule has 0 aliphatic heterocycles. The van der Waals surface area contributed by atoms with E-state index in [1.165, 1.54) is 24.7 Å². The highest BCUT2D eigenvalue weighted by Gasteiger charge is 2.20. The second-order valence-corrected chi connectivity index (χ2v) is 6.46. The molecule has 1 N–H and O–H groups in total. The third-order valence-corrected chi connectivity index (χ3v) is 4.62. The maximum absolute atomic E-state index is 12.2. The molecule has 0 fully saturated rings. The van der Waals surface area contributed by atoms with Crippen LogP contribution in [0.4, 0.5) is 5.69 Å². The highest BCUT2D eigenvalue weighted by Crippen LogP contribution is 2.23. The van der Waals surface area contributed by atoms with Crippen LogP contribution in [0.2, 0.25) is 0 Å². The molecule has 2 aromatic rings. The molecule has 0 bridgehead atoms. The molecule has 0 aliphatic carbocycles. The van der Waals surface area contributed by atoms with Crippen LogP contribution in [0.15, 0.2) is 47.8 Å². The lowest BCUT2D eigenvalue weighted by molar-refractivity contribution is 0.521. The number of aromatic nitrogens is 2. The SMILES string of the molecule is CN(C)S(=O)(=O)c1ccccc1NCc1ccncn1. The molecule has 1 heterocycles. The van der Waals surface area contributed by atoms with Gasteiger partial charge in [-0.3, -0.25) is 0 Å². The molecule has 0 saturated carbocycles. The fourth-order valence-corrected chi connectivity index (χ4v) is 2.70. The first kappa shape index (κ1) is 14.4. The molecular weight excluding hydrogens is 276 g/mol. The lowest BCUT2D eigenvalue weighted by Gasteiger charge is -2.16. The number of sulfonamides is 1. The third kappa shape index (κ3) is 3.12. The van der Waals surface area contributed by atoms with E-state index in [-0.39, 0.29) is 4.90 Å². The molecule has 1 aromatic carbocycles. The summed E-state index contributed by atoms with van der Waals surface area (Å²) < 4.78 is 25.6. The number of para-hydroxylation sites is 1. The van der Waals surface area contributed by atoms with Crippen LogP contribution in [-0.2, 0) is 16.6 Å². The summed E-state index contributed by atoms with van der Waals surface area (Å²) in [5.41, 5.74) is 1.34. The maximum atomic E-state index is 12.2. The van der Waals surface area contributed by atoms with Crippen molar-refractivity contribution in [2.75, 3.05) is 19.4 Å². The first-order valence-corrected chi connectivity index (χ1v) is 7.46. The average molecular weight is 292 g/mol. The largest absolute Gasteiger partial charge is 0.378 e. The molecule has 20 heavy (non-hydrogen) atoms. The van der Waals surface area contributed by atoms with Crippen LogP contribution in [0.5, 0.6) is 0 Å². The van der Waals surface area contributed by atoms with Crippen molar-refractivity contribution in [2.45, 2.75) is 11.4 Å². The van der Waals surface area contributed by atoms with Crippen LogP contribution < -0.4 is 5.32 Å². The average Bonchev–Trinajstić information content (AvgIpc) is 2.46. The monoisotopic (exact) mass is 292 g/mol. The predicted molar refractivity (Wildman–Crippen MR) is 76.7 cm³/mol. The van der Waals surface area contributed by atoms with E-state index in [0.717, 1.165) is 5.69 Å². The van der Waals surface area contributed by atoms with Crippen LogP contribution in [0.3, 0.4) is 0 Å². The van der Waals surface area contributed by atoms with Gasteiger partial charge in [0.1, 0.15) is 11.2 Å². The quantitative estimate of drug-likeness (QED) is 0.900. The van der Waals surface area contributed by atoms with E-state index in [1.807, 2.05) is 0 Å². The molecule has 2 rings (SSSR count). The molecule has 7 heteroatoms. The van der Waals surface area contributed by atoms with E-state index in [2.05, 4.69) is 15.3 Å². The molecule has 0 unspecified atom stereocenters. The van der Waals surface area contributed by atoms with Crippen molar-refractivity contribution in [1.29, 1.82) is 0 Å². The van der Waals surface area contributed by atoms with Crippen molar-refractivity contribution >= 4 is 15.7 Å². The van der Waals surface area contributed by atoms with Crippen molar-refractivity contribution in [3.05, 3.63) is 48.5 Å². The molecule has 0 radical (unpaired) electrons. The van der Waals surface area contributed by atoms with E-state index in [4.69, 9.17) is 0 Å². The van der Waals surface area contributed by atoms with Crippen LogP contribution >= 0.6 is 0 Å². The fourth-order valence-electron chi connectivity index (χ4n) is 1.64. The van der Waals surface area contributed by atoms with Crippen LogP contribution in [0.25, 0.3) is 0 Å². The highest BCUT2D eigenvalue weighted by molar-refractivity contribution is 7.89. The van der Waals surface area contributed by atoms with Crippen molar-refractivity contribution in [3.63, 3.8) is 0 Å². The zero-order chi connectivity index (χ0) is 14.6. The van der Waals surface area contributed by atoms with Crippen molar-refractivity contribution in [2.24, 2.45) is 0 Å². The molecular formula is C13H16N4O2S. The fraction of sp³-hybridized carbons (Fsp3) is 0.231. The summed E-state index contributed by atoms with van der Waals surface area (Å²) in [4.78, 5) is 8.18. The van der Waals surface area contributed by atoms with Gasteiger partial charge >= 0.3 is 0 Å². The zero-order valence-corrected chi connectivity index (χ0v) is 12.1. The summed E-state index contributed by atoms with van der Waals surface area (Å²) in [6, 6.07) is 8.58. The van der Waals surface area contributed by atoms with E-state index in [9.17, 15) is 8.42 Å². The molecule has 0 saturated heterocycles. The van der Waals surface area contributed by atoms with Gasteiger partial charge in [-0.2, -0.15) is 0 Å². The Bertz CT molecular complexity index is 672. The Balaban J connectivity index is 2.25. The molecule has 0 aliphatic rings. The lowest BCUT2D eigenvalue weighted by Crippen LogP contribution is -2.23. The summed E-state index contributed by atoms with van der Waals surface area (Å²) in [6.07, 6.45) is 3.10. The Labute approximate surface area is 118 Å². The summed E-state index contributed by atoms with van der Waals surface area (Å²) in [7, 11) is -0.453. The molecule has 1 aromatic heterocycles. The lowest BCUT2D eigenvalue weighted by atomic mass is 10.3. The first-order chi connectivity index (χ1) is 9.51. The van der Waals surface area contributed by atoms with E-state index in [1.54, 1.807) is 36.5 Å². The van der Waals surface area contributed by atoms with Crippen LogP contribution in [0.1, 0.15) is 5.69 Å². The van der Waals surface area contributed by atoms with E-state index >= 15 is 0 Å². The highest BCUT2D eigenvalue weighted by atomic mass is 32.2. The second-order valence-electron chi connectivity index (χ2n) is 4.34. The summed E-state index contributed by atoms with van der Waals surface area (Å²) in [6.45, 7) is 0.433. The predicted octanol–water partition coefficient (Wildman–Crippen LogP) is 1.34. The normalized spacial score (nSPS) is 11.6. The Morgan fingerprint density at radius 3 is 2.60 bits per heavy atom. The topological polar surface area (TPSA) is 75.2 Å². The number of rotatable bonds is 5. The van der Waals surface area contributed by atoms with Gasteiger partial charge in [0, 0.05) is 20.3 Å². The van der Waals surface area contributed by atoms with Gasteiger partial charge < -0.3 is 5.32 Å². The van der Waals surface area contributed by atoms with Gasteiger partial charge in [-0.15, -0.1) is 0 Å². The van der Waals surface area contributed by atoms with Crippen molar-refractivity contribution in [1.82, 2.24) is 14.3 Å².